The molecule has 1 amide bonds. The summed E-state index contributed by atoms with van der Waals surface area (Å²) in [5.41, 5.74) is -1.40. The van der Waals surface area contributed by atoms with E-state index in [1.54, 1.807) is 4.72 Å². The third-order valence-electron chi connectivity index (χ3n) is 3.71. The molecular formula is C17H10Cl2F3N3O3S. The Hall–Kier alpha value is -2.56. The highest BCUT2D eigenvalue weighted by atomic mass is 35.5. The summed E-state index contributed by atoms with van der Waals surface area (Å²) in [7, 11) is -4.27. The second-order valence-electron chi connectivity index (χ2n) is 5.69. The number of rotatable bonds is 4. The maximum Gasteiger partial charge on any atom is 0.416 e. The SMILES string of the molecule is O=C(NS(=O)(=O)c1cccc(Cl)c1)c1ncn(-c2cccc(C(F)(F)F)c2)c1Cl. The van der Waals surface area contributed by atoms with Crippen molar-refractivity contribution in [3.63, 3.8) is 0 Å². The largest absolute Gasteiger partial charge is 0.416 e. The van der Waals surface area contributed by atoms with Crippen LogP contribution in [0.25, 0.3) is 5.69 Å². The van der Waals surface area contributed by atoms with Gasteiger partial charge in [0, 0.05) is 10.7 Å². The maximum atomic E-state index is 12.9. The zero-order valence-electron chi connectivity index (χ0n) is 14.1. The van der Waals surface area contributed by atoms with Gasteiger partial charge >= 0.3 is 6.18 Å². The van der Waals surface area contributed by atoms with Crippen molar-refractivity contribution in [1.29, 1.82) is 0 Å². The molecule has 0 unspecified atom stereocenters. The van der Waals surface area contributed by atoms with Crippen LogP contribution in [0.3, 0.4) is 0 Å². The first kappa shape index (κ1) is 21.2. The molecule has 0 atom stereocenters. The second kappa shape index (κ2) is 7.69. The van der Waals surface area contributed by atoms with Crippen molar-refractivity contribution in [3.05, 3.63) is 76.3 Å². The summed E-state index contributed by atoms with van der Waals surface area (Å²) in [5.74, 6) is -1.15. The Balaban J connectivity index is 1.91. The third kappa shape index (κ3) is 4.55. The number of aromatic nitrogens is 2. The normalized spacial score (nSPS) is 12.0. The van der Waals surface area contributed by atoms with Crippen LogP contribution in [0.2, 0.25) is 10.2 Å². The summed E-state index contributed by atoms with van der Waals surface area (Å²) in [6, 6.07) is 9.39. The molecule has 0 aliphatic carbocycles. The van der Waals surface area contributed by atoms with Gasteiger partial charge in [-0.3, -0.25) is 9.36 Å². The molecule has 29 heavy (non-hydrogen) atoms. The molecule has 152 valence electrons. The van der Waals surface area contributed by atoms with Crippen molar-refractivity contribution in [1.82, 2.24) is 14.3 Å². The van der Waals surface area contributed by atoms with Crippen molar-refractivity contribution in [2.75, 3.05) is 0 Å². The molecular weight excluding hydrogens is 454 g/mol. The smallest absolute Gasteiger partial charge is 0.289 e. The van der Waals surface area contributed by atoms with Crippen molar-refractivity contribution < 1.29 is 26.4 Å². The van der Waals surface area contributed by atoms with Gasteiger partial charge in [0.25, 0.3) is 15.9 Å². The van der Waals surface area contributed by atoms with Gasteiger partial charge in [0.05, 0.1) is 10.5 Å². The molecule has 2 aromatic carbocycles. The molecule has 1 heterocycles. The van der Waals surface area contributed by atoms with Crippen LogP contribution in [0.4, 0.5) is 13.2 Å². The minimum atomic E-state index is -4.58. The topological polar surface area (TPSA) is 81.1 Å². The highest BCUT2D eigenvalue weighted by Gasteiger charge is 2.31. The lowest BCUT2D eigenvalue weighted by Gasteiger charge is -2.10. The van der Waals surface area contributed by atoms with Gasteiger partial charge in [-0.1, -0.05) is 35.3 Å². The van der Waals surface area contributed by atoms with E-state index >= 15 is 0 Å². The maximum absolute atomic E-state index is 12.9. The molecule has 12 heteroatoms. The fourth-order valence-electron chi connectivity index (χ4n) is 2.36. The van der Waals surface area contributed by atoms with Crippen LogP contribution in [0.5, 0.6) is 0 Å². The van der Waals surface area contributed by atoms with E-state index in [-0.39, 0.29) is 20.8 Å². The van der Waals surface area contributed by atoms with Crippen molar-refractivity contribution >= 4 is 39.1 Å². The van der Waals surface area contributed by atoms with E-state index in [1.165, 1.54) is 24.3 Å². The van der Waals surface area contributed by atoms with Crippen LogP contribution in [0.15, 0.2) is 59.8 Å². The highest BCUT2D eigenvalue weighted by molar-refractivity contribution is 7.90. The van der Waals surface area contributed by atoms with Crippen LogP contribution >= 0.6 is 23.2 Å². The quantitative estimate of drug-likeness (QED) is 0.624. The molecule has 1 N–H and O–H groups in total. The molecule has 0 radical (unpaired) electrons. The second-order valence-corrected chi connectivity index (χ2v) is 8.17. The summed E-state index contributed by atoms with van der Waals surface area (Å²) in [6.45, 7) is 0. The number of carbonyl (C=O) groups excluding carboxylic acids is 1. The van der Waals surface area contributed by atoms with Crippen LogP contribution in [-0.4, -0.2) is 23.9 Å². The van der Waals surface area contributed by atoms with Crippen molar-refractivity contribution in [3.8, 4) is 5.69 Å². The number of carbonyl (C=O) groups is 1. The summed E-state index contributed by atoms with van der Waals surface area (Å²) in [6.07, 6.45) is -3.56. The zero-order valence-corrected chi connectivity index (χ0v) is 16.4. The Morgan fingerprint density at radius 1 is 1.07 bits per heavy atom. The summed E-state index contributed by atoms with van der Waals surface area (Å²) in [5, 5.41) is -0.213. The predicted octanol–water partition coefficient (Wildman–Crippen LogP) is 4.32. The number of halogens is 5. The molecule has 0 aliphatic rings. The van der Waals surface area contributed by atoms with Crippen molar-refractivity contribution in [2.45, 2.75) is 11.1 Å². The number of nitrogens with zero attached hydrogens (tertiary/aromatic N) is 2. The number of imidazole rings is 1. The monoisotopic (exact) mass is 463 g/mol. The molecule has 0 fully saturated rings. The van der Waals surface area contributed by atoms with E-state index in [4.69, 9.17) is 23.2 Å². The third-order valence-corrected chi connectivity index (χ3v) is 5.63. The first-order valence-corrected chi connectivity index (χ1v) is 9.96. The number of hydrogen-bond donors (Lipinski definition) is 1. The molecule has 3 aromatic rings. The zero-order chi connectivity index (χ0) is 21.4. The molecule has 3 rings (SSSR count). The van der Waals surface area contributed by atoms with Crippen LogP contribution in [0.1, 0.15) is 16.1 Å². The first-order valence-electron chi connectivity index (χ1n) is 7.72. The van der Waals surface area contributed by atoms with E-state index in [0.717, 1.165) is 35.2 Å². The molecule has 6 nitrogen and oxygen atoms in total. The lowest BCUT2D eigenvalue weighted by atomic mass is 10.2. The Kier molecular flexibility index (Phi) is 5.61. The van der Waals surface area contributed by atoms with E-state index in [9.17, 15) is 26.4 Å². The standard InChI is InChI=1S/C17H10Cl2F3N3O3S/c18-11-4-2-6-13(8-11)29(27,28)24-16(26)14-15(19)25(9-23-14)12-5-1-3-10(7-12)17(20,21)22/h1-9H,(H,24,26). The molecule has 0 aliphatic heterocycles. The molecule has 0 saturated carbocycles. The number of nitrogens with one attached hydrogen (secondary N) is 1. The van der Waals surface area contributed by atoms with Gasteiger partial charge in [0.1, 0.15) is 11.5 Å². The van der Waals surface area contributed by atoms with Gasteiger partial charge in [0.2, 0.25) is 0 Å². The summed E-state index contributed by atoms with van der Waals surface area (Å²) < 4.78 is 66.1. The highest BCUT2D eigenvalue weighted by Crippen LogP contribution is 2.31. The van der Waals surface area contributed by atoms with Crippen LogP contribution < -0.4 is 4.72 Å². The lowest BCUT2D eigenvalue weighted by Crippen LogP contribution is -2.31. The average Bonchev–Trinajstić information content (AvgIpc) is 3.02. The van der Waals surface area contributed by atoms with Gasteiger partial charge in [-0.2, -0.15) is 13.2 Å². The number of sulfonamides is 1. The van der Waals surface area contributed by atoms with Gasteiger partial charge in [-0.25, -0.2) is 18.1 Å². The summed E-state index contributed by atoms with van der Waals surface area (Å²) >= 11 is 11.8. The number of hydrogen-bond acceptors (Lipinski definition) is 4. The Morgan fingerprint density at radius 2 is 1.76 bits per heavy atom. The van der Waals surface area contributed by atoms with Gasteiger partial charge < -0.3 is 0 Å². The van der Waals surface area contributed by atoms with E-state index in [2.05, 4.69) is 4.98 Å². The van der Waals surface area contributed by atoms with Gasteiger partial charge in [0.15, 0.2) is 5.69 Å². The fourth-order valence-corrected chi connectivity index (χ4v) is 3.89. The van der Waals surface area contributed by atoms with Crippen LogP contribution in [0, 0.1) is 0 Å². The lowest BCUT2D eigenvalue weighted by molar-refractivity contribution is -0.137. The molecule has 1 aromatic heterocycles. The molecule has 0 spiro atoms. The minimum absolute atomic E-state index is 0.00549. The number of amides is 1. The minimum Gasteiger partial charge on any atom is -0.289 e. The average molecular weight is 464 g/mol. The fraction of sp³-hybridized carbons (Fsp3) is 0.0588. The van der Waals surface area contributed by atoms with Crippen LogP contribution in [-0.2, 0) is 16.2 Å². The number of alkyl halides is 3. The van der Waals surface area contributed by atoms with Gasteiger partial charge in [-0.05, 0) is 36.4 Å². The number of benzene rings is 2. The molecule has 0 saturated heterocycles. The van der Waals surface area contributed by atoms with Gasteiger partial charge in [-0.15, -0.1) is 0 Å². The predicted molar refractivity (Wildman–Crippen MR) is 99.7 cm³/mol. The van der Waals surface area contributed by atoms with Crippen molar-refractivity contribution in [2.24, 2.45) is 0 Å². The summed E-state index contributed by atoms with van der Waals surface area (Å²) in [4.78, 5) is 15.8. The van der Waals surface area contributed by atoms with E-state index in [1.807, 2.05) is 0 Å². The first-order chi connectivity index (χ1) is 13.5. The Bertz CT molecular complexity index is 1190. The molecule has 0 bridgehead atoms. The Labute approximate surface area is 172 Å². The van der Waals surface area contributed by atoms with E-state index < -0.39 is 33.4 Å². The Morgan fingerprint density at radius 3 is 2.41 bits per heavy atom. The van der Waals surface area contributed by atoms with E-state index in [0.29, 0.717) is 0 Å².